The average molecular weight is 348 g/mol. The van der Waals surface area contributed by atoms with Gasteiger partial charge in [-0.05, 0) is 58.0 Å². The van der Waals surface area contributed by atoms with Gasteiger partial charge in [-0.1, -0.05) is 6.92 Å². The number of aryl methyl sites for hydroxylation is 1. The first-order chi connectivity index (χ1) is 12.0. The topological polar surface area (TPSA) is 33.1 Å². The van der Waals surface area contributed by atoms with Crippen molar-refractivity contribution in [2.24, 2.45) is 5.92 Å². The third-order valence-electron chi connectivity index (χ3n) is 5.13. The fraction of sp³-hybridized carbons (Fsp3) is 0.526. The maximum absolute atomic E-state index is 14.1. The number of benzene rings is 1. The molecule has 0 radical (unpaired) electrons. The lowest BCUT2D eigenvalue weighted by Gasteiger charge is -2.14. The zero-order valence-electron chi connectivity index (χ0n) is 15.1. The molecule has 1 atom stereocenters. The number of nitrogens with one attached hydrogen (secondary N) is 1. The maximum Gasteiger partial charge on any atom is 0.151 e. The molecular formula is C19H26F2N4. The van der Waals surface area contributed by atoms with Crippen molar-refractivity contribution >= 4 is 0 Å². The monoisotopic (exact) mass is 348 g/mol. The van der Waals surface area contributed by atoms with E-state index in [1.54, 1.807) is 4.68 Å². The van der Waals surface area contributed by atoms with E-state index in [1.165, 1.54) is 25.1 Å². The van der Waals surface area contributed by atoms with Gasteiger partial charge in [0.15, 0.2) is 5.82 Å². The van der Waals surface area contributed by atoms with Crippen molar-refractivity contribution < 1.29 is 8.78 Å². The first-order valence-electron chi connectivity index (χ1n) is 8.93. The zero-order chi connectivity index (χ0) is 18.0. The van der Waals surface area contributed by atoms with E-state index in [-0.39, 0.29) is 5.69 Å². The second kappa shape index (κ2) is 7.62. The van der Waals surface area contributed by atoms with Crippen molar-refractivity contribution in [3.05, 3.63) is 46.8 Å². The van der Waals surface area contributed by atoms with Crippen molar-refractivity contribution in [1.29, 1.82) is 0 Å². The molecule has 0 bridgehead atoms. The second-order valence-electron chi connectivity index (χ2n) is 6.84. The third-order valence-corrected chi connectivity index (χ3v) is 5.13. The van der Waals surface area contributed by atoms with E-state index in [4.69, 9.17) is 0 Å². The van der Waals surface area contributed by atoms with Crippen molar-refractivity contribution in [2.75, 3.05) is 26.2 Å². The first-order valence-corrected chi connectivity index (χ1v) is 8.93. The molecule has 1 N–H and O–H groups in total. The number of hydrogen-bond acceptors (Lipinski definition) is 3. The summed E-state index contributed by atoms with van der Waals surface area (Å²) in [5.74, 6) is -0.497. The summed E-state index contributed by atoms with van der Waals surface area (Å²) in [6.45, 7) is 11.2. The zero-order valence-corrected chi connectivity index (χ0v) is 15.1. The van der Waals surface area contributed by atoms with E-state index in [0.29, 0.717) is 12.5 Å². The van der Waals surface area contributed by atoms with E-state index in [9.17, 15) is 8.78 Å². The van der Waals surface area contributed by atoms with Crippen LogP contribution >= 0.6 is 0 Å². The Morgan fingerprint density at radius 3 is 2.76 bits per heavy atom. The number of halogens is 2. The standard InChI is InChI=1S/C19H26F2N4/c1-4-24-8-7-15(12-24)10-22-11-17-13(2)23-25(14(17)3)19-6-5-16(20)9-18(19)21/h5-6,9,15,22H,4,7-8,10-12H2,1-3H3. The lowest BCUT2D eigenvalue weighted by atomic mass is 10.1. The van der Waals surface area contributed by atoms with Gasteiger partial charge in [-0.15, -0.1) is 0 Å². The van der Waals surface area contributed by atoms with Crippen LogP contribution in [0.3, 0.4) is 0 Å². The third kappa shape index (κ3) is 3.90. The minimum absolute atomic E-state index is 0.280. The summed E-state index contributed by atoms with van der Waals surface area (Å²) in [7, 11) is 0. The fourth-order valence-corrected chi connectivity index (χ4v) is 3.59. The van der Waals surface area contributed by atoms with Gasteiger partial charge in [0, 0.05) is 30.4 Å². The lowest BCUT2D eigenvalue weighted by molar-refractivity contribution is 0.339. The quantitative estimate of drug-likeness (QED) is 0.870. The Morgan fingerprint density at radius 1 is 1.28 bits per heavy atom. The van der Waals surface area contributed by atoms with Gasteiger partial charge in [0.2, 0.25) is 0 Å². The fourth-order valence-electron chi connectivity index (χ4n) is 3.59. The molecule has 3 rings (SSSR count). The minimum atomic E-state index is -0.601. The van der Waals surface area contributed by atoms with Crippen LogP contribution in [0.25, 0.3) is 5.69 Å². The highest BCUT2D eigenvalue weighted by Crippen LogP contribution is 2.21. The molecule has 2 heterocycles. The van der Waals surface area contributed by atoms with E-state index in [2.05, 4.69) is 22.2 Å². The molecule has 1 aliphatic rings. The molecular weight excluding hydrogens is 322 g/mol. The Balaban J connectivity index is 1.68. The van der Waals surface area contributed by atoms with Gasteiger partial charge in [-0.3, -0.25) is 0 Å². The van der Waals surface area contributed by atoms with Gasteiger partial charge >= 0.3 is 0 Å². The van der Waals surface area contributed by atoms with Gasteiger partial charge in [0.25, 0.3) is 0 Å². The number of aromatic nitrogens is 2. The van der Waals surface area contributed by atoms with E-state index < -0.39 is 11.6 Å². The van der Waals surface area contributed by atoms with Crippen molar-refractivity contribution in [3.8, 4) is 5.69 Å². The minimum Gasteiger partial charge on any atom is -0.312 e. The van der Waals surface area contributed by atoms with Gasteiger partial charge in [-0.25, -0.2) is 13.5 Å². The Labute approximate surface area is 147 Å². The van der Waals surface area contributed by atoms with Crippen LogP contribution in [0.1, 0.15) is 30.3 Å². The van der Waals surface area contributed by atoms with Crippen LogP contribution in [0.15, 0.2) is 18.2 Å². The molecule has 1 aromatic carbocycles. The summed E-state index contributed by atoms with van der Waals surface area (Å²) in [6, 6.07) is 3.58. The van der Waals surface area contributed by atoms with Crippen LogP contribution in [-0.4, -0.2) is 40.9 Å². The molecule has 0 spiro atoms. The number of nitrogens with zero attached hydrogens (tertiary/aromatic N) is 3. The van der Waals surface area contributed by atoms with Crippen LogP contribution in [0, 0.1) is 31.4 Å². The molecule has 4 nitrogen and oxygen atoms in total. The molecule has 1 unspecified atom stereocenters. The van der Waals surface area contributed by atoms with E-state index in [1.807, 2.05) is 13.8 Å². The molecule has 1 fully saturated rings. The van der Waals surface area contributed by atoms with Gasteiger partial charge < -0.3 is 10.2 Å². The van der Waals surface area contributed by atoms with Crippen molar-refractivity contribution in [2.45, 2.75) is 33.7 Å². The highest BCUT2D eigenvalue weighted by Gasteiger charge is 2.21. The Hall–Kier alpha value is -1.79. The maximum atomic E-state index is 14.1. The van der Waals surface area contributed by atoms with Crippen LogP contribution in [0.2, 0.25) is 0 Å². The molecule has 1 saturated heterocycles. The van der Waals surface area contributed by atoms with Crippen LogP contribution in [0.4, 0.5) is 8.78 Å². The molecule has 136 valence electrons. The Bertz CT molecular complexity index is 741. The largest absolute Gasteiger partial charge is 0.312 e. The Morgan fingerprint density at radius 2 is 2.08 bits per heavy atom. The summed E-state index contributed by atoms with van der Waals surface area (Å²) in [5.41, 5.74) is 3.11. The van der Waals surface area contributed by atoms with Gasteiger partial charge in [-0.2, -0.15) is 5.10 Å². The van der Waals surface area contributed by atoms with E-state index >= 15 is 0 Å². The van der Waals surface area contributed by atoms with Crippen LogP contribution in [-0.2, 0) is 6.54 Å². The number of hydrogen-bond donors (Lipinski definition) is 1. The summed E-state index contributed by atoms with van der Waals surface area (Å²) in [4.78, 5) is 2.47. The van der Waals surface area contributed by atoms with Crippen molar-refractivity contribution in [3.63, 3.8) is 0 Å². The highest BCUT2D eigenvalue weighted by molar-refractivity contribution is 5.38. The smallest absolute Gasteiger partial charge is 0.151 e. The normalized spacial score (nSPS) is 18.2. The molecule has 0 aliphatic carbocycles. The summed E-state index contributed by atoms with van der Waals surface area (Å²) in [5, 5.41) is 7.98. The summed E-state index contributed by atoms with van der Waals surface area (Å²) >= 11 is 0. The molecule has 25 heavy (non-hydrogen) atoms. The lowest BCUT2D eigenvalue weighted by Crippen LogP contribution is -2.26. The second-order valence-corrected chi connectivity index (χ2v) is 6.84. The number of likely N-dealkylation sites (tertiary alicyclic amines) is 1. The molecule has 0 amide bonds. The summed E-state index contributed by atoms with van der Waals surface area (Å²) < 4.78 is 28.8. The predicted molar refractivity (Wildman–Crippen MR) is 94.9 cm³/mol. The molecule has 0 saturated carbocycles. The van der Waals surface area contributed by atoms with Crippen LogP contribution < -0.4 is 5.32 Å². The molecule has 6 heteroatoms. The van der Waals surface area contributed by atoms with E-state index in [0.717, 1.165) is 42.7 Å². The van der Waals surface area contributed by atoms with Crippen LogP contribution in [0.5, 0.6) is 0 Å². The average Bonchev–Trinajstić information content (AvgIpc) is 3.14. The number of rotatable bonds is 6. The molecule has 1 aliphatic heterocycles. The molecule has 2 aromatic rings. The summed E-state index contributed by atoms with van der Waals surface area (Å²) in [6.07, 6.45) is 1.23. The van der Waals surface area contributed by atoms with Gasteiger partial charge in [0.1, 0.15) is 11.5 Å². The SMILES string of the molecule is CCN1CCC(CNCc2c(C)nn(-c3ccc(F)cc3F)c2C)C1. The Kier molecular flexibility index (Phi) is 5.49. The molecule has 1 aromatic heterocycles. The first kappa shape index (κ1) is 18.0. The predicted octanol–water partition coefficient (Wildman–Crippen LogP) is 3.20. The van der Waals surface area contributed by atoms with Gasteiger partial charge in [0.05, 0.1) is 5.69 Å². The van der Waals surface area contributed by atoms with Crippen molar-refractivity contribution in [1.82, 2.24) is 20.0 Å². The highest BCUT2D eigenvalue weighted by atomic mass is 19.1.